The van der Waals surface area contributed by atoms with E-state index in [1.807, 2.05) is 18.2 Å². The average Bonchev–Trinajstić information content (AvgIpc) is 2.48. The van der Waals surface area contributed by atoms with Crippen LogP contribution in [0.15, 0.2) is 30.3 Å². The Morgan fingerprint density at radius 2 is 2.15 bits per heavy atom. The Morgan fingerprint density at radius 3 is 2.85 bits per heavy atom. The van der Waals surface area contributed by atoms with Gasteiger partial charge in [0.25, 0.3) is 5.91 Å². The van der Waals surface area contributed by atoms with Crippen LogP contribution in [0.4, 0.5) is 0 Å². The van der Waals surface area contributed by atoms with Gasteiger partial charge in [0.2, 0.25) is 0 Å². The zero-order valence-corrected chi connectivity index (χ0v) is 12.6. The number of likely N-dealkylation sites (N-methyl/N-ethyl adjacent to an activating group) is 1. The predicted molar refractivity (Wildman–Crippen MR) is 84.8 cm³/mol. The minimum atomic E-state index is -0.161. The summed E-state index contributed by atoms with van der Waals surface area (Å²) in [7, 11) is 0. The molecule has 2 rings (SSSR count). The van der Waals surface area contributed by atoms with Gasteiger partial charge in [0.1, 0.15) is 0 Å². The maximum atomic E-state index is 12.0. The summed E-state index contributed by atoms with van der Waals surface area (Å²) < 4.78 is 0. The van der Waals surface area contributed by atoms with Gasteiger partial charge in [-0.3, -0.25) is 10.1 Å². The first-order chi connectivity index (χ1) is 9.69. The van der Waals surface area contributed by atoms with Crippen LogP contribution in [0.3, 0.4) is 0 Å². The first-order valence-electron chi connectivity index (χ1n) is 7.08. The second-order valence-corrected chi connectivity index (χ2v) is 5.43. The monoisotopic (exact) mass is 291 g/mol. The highest BCUT2D eigenvalue weighted by atomic mass is 32.1. The van der Waals surface area contributed by atoms with Gasteiger partial charge >= 0.3 is 0 Å². The molecular formula is C15H21N3OS. The summed E-state index contributed by atoms with van der Waals surface area (Å²) in [6, 6.07) is 9.44. The molecule has 0 radical (unpaired) electrons. The van der Waals surface area contributed by atoms with Crippen LogP contribution in [0.5, 0.6) is 0 Å². The van der Waals surface area contributed by atoms with Crippen LogP contribution in [0, 0.1) is 0 Å². The van der Waals surface area contributed by atoms with Gasteiger partial charge < -0.3 is 10.2 Å². The third-order valence-corrected chi connectivity index (χ3v) is 3.77. The van der Waals surface area contributed by atoms with E-state index in [0.717, 1.165) is 26.1 Å². The van der Waals surface area contributed by atoms with Crippen LogP contribution in [0.25, 0.3) is 0 Å². The number of nitrogens with one attached hydrogen (secondary N) is 2. The molecule has 4 nitrogen and oxygen atoms in total. The molecule has 1 aliphatic rings. The van der Waals surface area contributed by atoms with Gasteiger partial charge in [-0.2, -0.15) is 0 Å². The van der Waals surface area contributed by atoms with Gasteiger partial charge in [0.05, 0.1) is 0 Å². The van der Waals surface area contributed by atoms with E-state index in [-0.39, 0.29) is 5.91 Å². The molecule has 0 spiro atoms. The van der Waals surface area contributed by atoms with Crippen LogP contribution < -0.4 is 10.6 Å². The zero-order chi connectivity index (χ0) is 14.4. The Bertz CT molecular complexity index is 463. The predicted octanol–water partition coefficient (Wildman–Crippen LogP) is 1.78. The number of rotatable bonds is 3. The van der Waals surface area contributed by atoms with Crippen LogP contribution in [0.2, 0.25) is 0 Å². The minimum absolute atomic E-state index is 0.161. The molecule has 1 aromatic carbocycles. The third kappa shape index (κ3) is 4.28. The second kappa shape index (κ2) is 7.36. The van der Waals surface area contributed by atoms with Crippen molar-refractivity contribution in [3.05, 3.63) is 35.9 Å². The highest BCUT2D eigenvalue weighted by Crippen LogP contribution is 2.09. The lowest BCUT2D eigenvalue weighted by Gasteiger charge is -2.32. The Labute approximate surface area is 125 Å². The number of piperidine rings is 1. The Hall–Kier alpha value is -1.46. The number of carbonyl (C=O) groups is 1. The third-order valence-electron chi connectivity index (χ3n) is 3.55. The Morgan fingerprint density at radius 1 is 1.40 bits per heavy atom. The van der Waals surface area contributed by atoms with Crippen molar-refractivity contribution in [1.82, 2.24) is 15.5 Å². The number of carbonyl (C=O) groups excluding carboxylic acids is 1. The SMILES string of the molecule is CCN1CCCC(NC(=S)NC(=O)c2ccccc2)C1. The normalized spacial score (nSPS) is 19.4. The number of nitrogens with zero attached hydrogens (tertiary/aromatic N) is 1. The Kier molecular flexibility index (Phi) is 5.49. The van der Waals surface area contributed by atoms with Crippen LogP contribution in [-0.4, -0.2) is 41.6 Å². The van der Waals surface area contributed by atoms with Crippen molar-refractivity contribution in [1.29, 1.82) is 0 Å². The maximum Gasteiger partial charge on any atom is 0.257 e. The van der Waals surface area contributed by atoms with Crippen LogP contribution in [0.1, 0.15) is 30.1 Å². The molecule has 2 N–H and O–H groups in total. The fraction of sp³-hybridized carbons (Fsp3) is 0.467. The average molecular weight is 291 g/mol. The molecule has 20 heavy (non-hydrogen) atoms. The van der Waals surface area contributed by atoms with Crippen molar-refractivity contribution < 1.29 is 4.79 Å². The van der Waals surface area contributed by atoms with Gasteiger partial charge in [-0.15, -0.1) is 0 Å². The lowest BCUT2D eigenvalue weighted by Crippen LogP contribution is -2.51. The molecule has 1 saturated heterocycles. The van der Waals surface area contributed by atoms with Crippen molar-refractivity contribution in [2.45, 2.75) is 25.8 Å². The van der Waals surface area contributed by atoms with E-state index in [0.29, 0.717) is 16.7 Å². The molecule has 5 heteroatoms. The summed E-state index contributed by atoms with van der Waals surface area (Å²) in [5.74, 6) is -0.161. The summed E-state index contributed by atoms with van der Waals surface area (Å²) in [5, 5.41) is 6.40. The van der Waals surface area contributed by atoms with Gasteiger partial charge in [0, 0.05) is 18.2 Å². The first-order valence-corrected chi connectivity index (χ1v) is 7.49. The van der Waals surface area contributed by atoms with Crippen molar-refractivity contribution in [3.8, 4) is 0 Å². The molecule has 108 valence electrons. The number of hydrogen-bond donors (Lipinski definition) is 2. The summed E-state index contributed by atoms with van der Waals surface area (Å²) in [4.78, 5) is 14.4. The van der Waals surface area contributed by atoms with Crippen molar-refractivity contribution >= 4 is 23.2 Å². The minimum Gasteiger partial charge on any atom is -0.358 e. The summed E-state index contributed by atoms with van der Waals surface area (Å²) in [5.41, 5.74) is 0.621. The molecule has 0 aliphatic carbocycles. The molecule has 1 atom stereocenters. The van der Waals surface area contributed by atoms with E-state index < -0.39 is 0 Å². The molecule has 1 fully saturated rings. The molecule has 1 aliphatic heterocycles. The highest BCUT2D eigenvalue weighted by molar-refractivity contribution is 7.80. The summed E-state index contributed by atoms with van der Waals surface area (Å²) in [6.45, 7) is 5.36. The molecular weight excluding hydrogens is 270 g/mol. The molecule has 1 heterocycles. The number of benzene rings is 1. The van der Waals surface area contributed by atoms with Crippen molar-refractivity contribution in [2.24, 2.45) is 0 Å². The maximum absolute atomic E-state index is 12.0. The van der Waals surface area contributed by atoms with Crippen LogP contribution in [-0.2, 0) is 0 Å². The van der Waals surface area contributed by atoms with E-state index in [1.165, 1.54) is 6.42 Å². The second-order valence-electron chi connectivity index (χ2n) is 5.03. The largest absolute Gasteiger partial charge is 0.358 e. The summed E-state index contributed by atoms with van der Waals surface area (Å²) >= 11 is 5.22. The standard InChI is InChI=1S/C15H21N3OS/c1-2-18-10-6-9-13(11-18)16-15(20)17-14(19)12-7-4-3-5-8-12/h3-5,7-8,13H,2,6,9-11H2,1H3,(H2,16,17,19,20). The number of thiocarbonyl (C=S) groups is 1. The molecule has 0 aromatic heterocycles. The molecule has 1 amide bonds. The Balaban J connectivity index is 1.82. The van der Waals surface area contributed by atoms with E-state index in [9.17, 15) is 4.79 Å². The van der Waals surface area contributed by atoms with Gasteiger partial charge in [-0.1, -0.05) is 25.1 Å². The lowest BCUT2D eigenvalue weighted by molar-refractivity contribution is 0.0976. The van der Waals surface area contributed by atoms with Gasteiger partial charge in [0.15, 0.2) is 5.11 Å². The van der Waals surface area contributed by atoms with E-state index >= 15 is 0 Å². The fourth-order valence-corrected chi connectivity index (χ4v) is 2.71. The fourth-order valence-electron chi connectivity index (χ4n) is 2.45. The van der Waals surface area contributed by atoms with Crippen molar-refractivity contribution in [2.75, 3.05) is 19.6 Å². The first kappa shape index (κ1) is 14.9. The highest BCUT2D eigenvalue weighted by Gasteiger charge is 2.19. The number of likely N-dealkylation sites (tertiary alicyclic amines) is 1. The van der Waals surface area contributed by atoms with Gasteiger partial charge in [-0.05, 0) is 50.3 Å². The summed E-state index contributed by atoms with van der Waals surface area (Å²) in [6.07, 6.45) is 2.26. The number of hydrogen-bond acceptors (Lipinski definition) is 3. The molecule has 1 aromatic rings. The van der Waals surface area contributed by atoms with Crippen LogP contribution >= 0.6 is 12.2 Å². The topological polar surface area (TPSA) is 44.4 Å². The smallest absolute Gasteiger partial charge is 0.257 e. The number of amides is 1. The molecule has 0 bridgehead atoms. The molecule has 0 saturated carbocycles. The zero-order valence-electron chi connectivity index (χ0n) is 11.8. The van der Waals surface area contributed by atoms with Gasteiger partial charge in [-0.25, -0.2) is 0 Å². The van der Waals surface area contributed by atoms with E-state index in [1.54, 1.807) is 12.1 Å². The van der Waals surface area contributed by atoms with E-state index in [2.05, 4.69) is 22.5 Å². The quantitative estimate of drug-likeness (QED) is 0.833. The molecule has 1 unspecified atom stereocenters. The lowest BCUT2D eigenvalue weighted by atomic mass is 10.1. The van der Waals surface area contributed by atoms with Crippen molar-refractivity contribution in [3.63, 3.8) is 0 Å². The van der Waals surface area contributed by atoms with E-state index in [4.69, 9.17) is 12.2 Å².